The molecule has 0 aromatic carbocycles. The summed E-state index contributed by atoms with van der Waals surface area (Å²) in [6.07, 6.45) is 0. The molecule has 0 aliphatic rings. The normalized spacial score (nSPS) is 16.4. The van der Waals surface area contributed by atoms with Crippen LogP contribution >= 0.6 is 0 Å². The number of hydrogen-bond acceptors (Lipinski definition) is 3. The Hall–Kier alpha value is 0.0969. The molecule has 1 N–H and O–H groups in total. The Labute approximate surface area is 97.0 Å². The van der Waals surface area contributed by atoms with Crippen LogP contribution in [0.15, 0.2) is 0 Å². The molecule has 0 rings (SSSR count). The Morgan fingerprint density at radius 3 is 1.87 bits per heavy atom. The molecule has 0 aromatic rings. The lowest BCUT2D eigenvalue weighted by Crippen LogP contribution is -2.57. The Morgan fingerprint density at radius 2 is 1.60 bits per heavy atom. The number of rotatable bonds is 7. The second-order valence-electron chi connectivity index (χ2n) is 4.59. The summed E-state index contributed by atoms with van der Waals surface area (Å²) in [4.78, 5) is 6.03. The van der Waals surface area contributed by atoms with Crippen LogP contribution in [0.25, 0.3) is 0 Å². The largest absolute Gasteiger partial charge is 0.408 e. The first kappa shape index (κ1) is 15.1. The average molecular weight is 232 g/mol. The third kappa shape index (κ3) is 4.63. The zero-order valence-electron chi connectivity index (χ0n) is 11.4. The molecule has 15 heavy (non-hydrogen) atoms. The minimum absolute atomic E-state index is 0.523. The standard InChI is InChI=1S/C11H28N2OSi/c1-8-12-15(14-7)11(6)13(9(2)3)10(4)5/h9-12,15H,8H2,1-7H3. The van der Waals surface area contributed by atoms with E-state index < -0.39 is 9.20 Å². The summed E-state index contributed by atoms with van der Waals surface area (Å²) in [5.41, 5.74) is 0.523. The van der Waals surface area contributed by atoms with Crippen LogP contribution in [0, 0.1) is 0 Å². The molecule has 0 radical (unpaired) electrons. The van der Waals surface area contributed by atoms with Gasteiger partial charge in [0, 0.05) is 24.9 Å². The van der Waals surface area contributed by atoms with E-state index in [1.807, 2.05) is 7.11 Å². The molecule has 0 aliphatic heterocycles. The van der Waals surface area contributed by atoms with Crippen LogP contribution in [0.3, 0.4) is 0 Å². The molecule has 0 aromatic heterocycles. The molecule has 0 fully saturated rings. The molecule has 0 heterocycles. The summed E-state index contributed by atoms with van der Waals surface area (Å²) in [5.74, 6) is 0. The maximum absolute atomic E-state index is 5.62. The van der Waals surface area contributed by atoms with Crippen LogP contribution in [-0.2, 0) is 4.43 Å². The van der Waals surface area contributed by atoms with Crippen LogP contribution in [0.1, 0.15) is 41.5 Å². The van der Waals surface area contributed by atoms with Gasteiger partial charge in [0.15, 0.2) is 0 Å². The summed E-state index contributed by atoms with van der Waals surface area (Å²) < 4.78 is 5.62. The molecule has 2 unspecified atom stereocenters. The van der Waals surface area contributed by atoms with Gasteiger partial charge < -0.3 is 9.41 Å². The fourth-order valence-corrected chi connectivity index (χ4v) is 4.65. The van der Waals surface area contributed by atoms with E-state index in [0.717, 1.165) is 6.54 Å². The lowest BCUT2D eigenvalue weighted by Gasteiger charge is -2.39. The Morgan fingerprint density at radius 1 is 1.13 bits per heavy atom. The quantitative estimate of drug-likeness (QED) is 0.674. The van der Waals surface area contributed by atoms with Crippen molar-refractivity contribution in [3.8, 4) is 0 Å². The lowest BCUT2D eigenvalue weighted by molar-refractivity contribution is 0.147. The summed E-state index contributed by atoms with van der Waals surface area (Å²) in [7, 11) is 0.527. The van der Waals surface area contributed by atoms with Gasteiger partial charge in [-0.2, -0.15) is 0 Å². The molecule has 0 amide bonds. The van der Waals surface area contributed by atoms with E-state index in [2.05, 4.69) is 51.4 Å². The summed E-state index contributed by atoms with van der Waals surface area (Å²) in [5, 5.41) is 0. The van der Waals surface area contributed by atoms with E-state index in [1.54, 1.807) is 0 Å². The monoisotopic (exact) mass is 232 g/mol. The SMILES string of the molecule is CCN[SiH](OC)C(C)N(C(C)C)C(C)C. The zero-order chi connectivity index (χ0) is 12.0. The highest BCUT2D eigenvalue weighted by Gasteiger charge is 2.28. The van der Waals surface area contributed by atoms with Crippen molar-refractivity contribution < 1.29 is 4.43 Å². The second-order valence-corrected chi connectivity index (χ2v) is 7.27. The predicted octanol–water partition coefficient (Wildman–Crippen LogP) is 1.51. The third-order valence-corrected chi connectivity index (χ3v) is 5.30. The van der Waals surface area contributed by atoms with Crippen molar-refractivity contribution in [1.82, 2.24) is 9.88 Å². The van der Waals surface area contributed by atoms with E-state index in [4.69, 9.17) is 4.43 Å². The van der Waals surface area contributed by atoms with Crippen molar-refractivity contribution >= 4 is 9.20 Å². The molecule has 0 bridgehead atoms. The smallest absolute Gasteiger partial charge is 0.268 e. The fraction of sp³-hybridized carbons (Fsp3) is 1.00. The molecule has 0 saturated heterocycles. The first-order valence-corrected chi connectivity index (χ1v) is 7.70. The summed E-state index contributed by atoms with van der Waals surface area (Å²) >= 11 is 0. The van der Waals surface area contributed by atoms with Gasteiger partial charge in [0.2, 0.25) is 0 Å². The first-order valence-electron chi connectivity index (χ1n) is 5.99. The minimum Gasteiger partial charge on any atom is -0.408 e. The van der Waals surface area contributed by atoms with Gasteiger partial charge in [-0.05, 0) is 41.2 Å². The maximum Gasteiger partial charge on any atom is 0.268 e. The fourth-order valence-electron chi connectivity index (χ4n) is 2.35. The molecule has 4 heteroatoms. The molecule has 0 aliphatic carbocycles. The van der Waals surface area contributed by atoms with Crippen LogP contribution in [0.2, 0.25) is 0 Å². The molecule has 3 nitrogen and oxygen atoms in total. The van der Waals surface area contributed by atoms with Crippen molar-refractivity contribution in [3.05, 3.63) is 0 Å². The van der Waals surface area contributed by atoms with Gasteiger partial charge >= 0.3 is 0 Å². The lowest BCUT2D eigenvalue weighted by atomic mass is 10.2. The minimum atomic E-state index is -1.30. The van der Waals surface area contributed by atoms with Crippen molar-refractivity contribution in [2.75, 3.05) is 13.7 Å². The van der Waals surface area contributed by atoms with Crippen LogP contribution in [0.4, 0.5) is 0 Å². The Kier molecular flexibility index (Phi) is 7.43. The van der Waals surface area contributed by atoms with Crippen LogP contribution in [0.5, 0.6) is 0 Å². The van der Waals surface area contributed by atoms with E-state index in [0.29, 0.717) is 17.7 Å². The van der Waals surface area contributed by atoms with Crippen LogP contribution < -0.4 is 4.98 Å². The molecule has 92 valence electrons. The Balaban J connectivity index is 4.51. The van der Waals surface area contributed by atoms with Crippen LogP contribution in [-0.4, -0.2) is 45.5 Å². The Bertz CT molecular complexity index is 157. The van der Waals surface area contributed by atoms with E-state index in [-0.39, 0.29) is 0 Å². The highest BCUT2D eigenvalue weighted by atomic mass is 28.3. The first-order chi connectivity index (χ1) is 6.95. The van der Waals surface area contributed by atoms with Gasteiger partial charge in [-0.25, -0.2) is 0 Å². The summed E-state index contributed by atoms with van der Waals surface area (Å²) in [6.45, 7) is 14.4. The van der Waals surface area contributed by atoms with Gasteiger partial charge in [0.25, 0.3) is 9.20 Å². The number of hydrogen-bond donors (Lipinski definition) is 1. The molecule has 2 atom stereocenters. The number of nitrogens with zero attached hydrogens (tertiary/aromatic N) is 1. The molecular formula is C11H28N2OSi. The van der Waals surface area contributed by atoms with E-state index in [9.17, 15) is 0 Å². The molecular weight excluding hydrogens is 204 g/mol. The highest BCUT2D eigenvalue weighted by molar-refractivity contribution is 6.50. The number of nitrogens with one attached hydrogen (secondary N) is 1. The highest BCUT2D eigenvalue weighted by Crippen LogP contribution is 2.12. The summed E-state index contributed by atoms with van der Waals surface area (Å²) in [6, 6.07) is 1.15. The van der Waals surface area contributed by atoms with Crippen molar-refractivity contribution in [2.24, 2.45) is 0 Å². The van der Waals surface area contributed by atoms with Gasteiger partial charge in [0.1, 0.15) is 0 Å². The van der Waals surface area contributed by atoms with Crippen molar-refractivity contribution in [3.63, 3.8) is 0 Å². The van der Waals surface area contributed by atoms with E-state index in [1.165, 1.54) is 0 Å². The van der Waals surface area contributed by atoms with E-state index >= 15 is 0 Å². The maximum atomic E-state index is 5.62. The van der Waals surface area contributed by atoms with Crippen molar-refractivity contribution in [1.29, 1.82) is 0 Å². The average Bonchev–Trinajstić information content (AvgIpc) is 2.12. The predicted molar refractivity (Wildman–Crippen MR) is 69.4 cm³/mol. The van der Waals surface area contributed by atoms with Crippen molar-refractivity contribution in [2.45, 2.75) is 59.3 Å². The topological polar surface area (TPSA) is 24.5 Å². The zero-order valence-corrected chi connectivity index (χ0v) is 12.5. The van der Waals surface area contributed by atoms with Gasteiger partial charge in [-0.1, -0.05) is 6.92 Å². The van der Waals surface area contributed by atoms with Gasteiger partial charge in [0.05, 0.1) is 0 Å². The second kappa shape index (κ2) is 7.38. The van der Waals surface area contributed by atoms with Gasteiger partial charge in [-0.3, -0.25) is 4.90 Å². The van der Waals surface area contributed by atoms with Gasteiger partial charge in [-0.15, -0.1) is 0 Å². The third-order valence-electron chi connectivity index (χ3n) is 2.76. The molecule has 0 spiro atoms. The molecule has 0 saturated carbocycles.